The van der Waals surface area contributed by atoms with E-state index in [9.17, 15) is 5.11 Å². The molecule has 0 bridgehead atoms. The van der Waals surface area contributed by atoms with Crippen LogP contribution in [0.3, 0.4) is 0 Å². The van der Waals surface area contributed by atoms with Gasteiger partial charge in [0.2, 0.25) is 0 Å². The topological polar surface area (TPSA) is 40.5 Å². The summed E-state index contributed by atoms with van der Waals surface area (Å²) >= 11 is 11.3. The molecule has 12 heavy (non-hydrogen) atoms. The van der Waals surface area contributed by atoms with Crippen molar-refractivity contribution in [3.63, 3.8) is 0 Å². The third-order valence-corrected chi connectivity index (χ3v) is 2.24. The average molecular weight is 207 g/mol. The summed E-state index contributed by atoms with van der Waals surface area (Å²) < 4.78 is 0. The minimum atomic E-state index is -0.889. The lowest BCUT2D eigenvalue weighted by Crippen LogP contribution is -2.01. The summed E-state index contributed by atoms with van der Waals surface area (Å²) in [7, 11) is 0. The molecule has 1 rings (SSSR count). The second-order valence-corrected chi connectivity index (χ2v) is 3.19. The minimum Gasteiger partial charge on any atom is -0.393 e. The van der Waals surface area contributed by atoms with E-state index in [2.05, 4.69) is 0 Å². The van der Waals surface area contributed by atoms with Gasteiger partial charge in [0.25, 0.3) is 0 Å². The van der Waals surface area contributed by atoms with Gasteiger partial charge in [-0.25, -0.2) is 0 Å². The Bertz CT molecular complexity index is 276. The molecule has 0 saturated carbocycles. The maximum Gasteiger partial charge on any atom is 0.102 e. The van der Waals surface area contributed by atoms with Gasteiger partial charge in [-0.15, -0.1) is 0 Å². The highest BCUT2D eigenvalue weighted by atomic mass is 35.5. The van der Waals surface area contributed by atoms with Crippen LogP contribution >= 0.6 is 23.2 Å². The Kier molecular flexibility index (Phi) is 3.35. The first kappa shape index (κ1) is 9.81. The lowest BCUT2D eigenvalue weighted by Gasteiger charge is -2.07. The molecule has 4 heteroatoms. The van der Waals surface area contributed by atoms with Crippen LogP contribution in [0.4, 0.5) is 0 Å². The molecule has 0 fully saturated rings. The van der Waals surface area contributed by atoms with Gasteiger partial charge < -0.3 is 10.2 Å². The predicted molar refractivity (Wildman–Crippen MR) is 48.5 cm³/mol. The highest BCUT2D eigenvalue weighted by molar-refractivity contribution is 6.42. The summed E-state index contributed by atoms with van der Waals surface area (Å²) in [5, 5.41) is 18.6. The normalized spacial score (nSPS) is 13.0. The van der Waals surface area contributed by atoms with Gasteiger partial charge in [0.05, 0.1) is 16.7 Å². The fourth-order valence-electron chi connectivity index (χ4n) is 0.825. The van der Waals surface area contributed by atoms with E-state index in [4.69, 9.17) is 28.3 Å². The molecule has 1 aromatic carbocycles. The second kappa shape index (κ2) is 4.10. The molecule has 0 radical (unpaired) electrons. The zero-order chi connectivity index (χ0) is 9.14. The first-order valence-corrected chi connectivity index (χ1v) is 4.14. The predicted octanol–water partition coefficient (Wildman–Crippen LogP) is 2.02. The largest absolute Gasteiger partial charge is 0.393 e. The van der Waals surface area contributed by atoms with Crippen molar-refractivity contribution in [2.75, 3.05) is 6.61 Å². The Hall–Kier alpha value is -0.280. The quantitative estimate of drug-likeness (QED) is 0.778. The van der Waals surface area contributed by atoms with Crippen molar-refractivity contribution in [2.24, 2.45) is 0 Å². The molecule has 2 N–H and O–H groups in total. The van der Waals surface area contributed by atoms with Crippen molar-refractivity contribution in [2.45, 2.75) is 6.10 Å². The zero-order valence-electron chi connectivity index (χ0n) is 6.17. The smallest absolute Gasteiger partial charge is 0.102 e. The number of hydrogen-bond acceptors (Lipinski definition) is 2. The molecule has 66 valence electrons. The molecule has 0 aliphatic carbocycles. The van der Waals surface area contributed by atoms with E-state index in [1.807, 2.05) is 0 Å². The van der Waals surface area contributed by atoms with Crippen LogP contribution in [0.5, 0.6) is 0 Å². The van der Waals surface area contributed by atoms with Crippen LogP contribution in [0.1, 0.15) is 11.7 Å². The van der Waals surface area contributed by atoms with E-state index in [0.717, 1.165) is 0 Å². The van der Waals surface area contributed by atoms with Gasteiger partial charge in [-0.05, 0) is 17.7 Å². The standard InChI is InChI=1S/C8H8Cl2O2/c9-6-2-1-5(3-7(6)10)8(12)4-11/h1-3,8,11-12H,4H2/t8-/m1/s1. The molecular weight excluding hydrogens is 199 g/mol. The molecular formula is C8H8Cl2O2. The molecule has 0 aliphatic rings. The fraction of sp³-hybridized carbons (Fsp3) is 0.250. The van der Waals surface area contributed by atoms with E-state index in [1.54, 1.807) is 12.1 Å². The molecule has 0 unspecified atom stereocenters. The summed E-state index contributed by atoms with van der Waals surface area (Å²) in [6.07, 6.45) is -0.889. The van der Waals surface area contributed by atoms with Gasteiger partial charge in [-0.3, -0.25) is 0 Å². The van der Waals surface area contributed by atoms with Gasteiger partial charge in [0.15, 0.2) is 0 Å². The van der Waals surface area contributed by atoms with E-state index in [1.165, 1.54) is 6.07 Å². The Balaban J connectivity index is 2.96. The maximum atomic E-state index is 9.19. The monoisotopic (exact) mass is 206 g/mol. The highest BCUT2D eigenvalue weighted by Crippen LogP contribution is 2.25. The number of aliphatic hydroxyl groups excluding tert-OH is 2. The van der Waals surface area contributed by atoms with Crippen molar-refractivity contribution < 1.29 is 10.2 Å². The van der Waals surface area contributed by atoms with E-state index in [-0.39, 0.29) is 6.61 Å². The lowest BCUT2D eigenvalue weighted by atomic mass is 10.1. The molecule has 1 aromatic rings. The molecule has 0 saturated heterocycles. The summed E-state index contributed by atoms with van der Waals surface area (Å²) in [6.45, 7) is -0.321. The van der Waals surface area contributed by atoms with Gasteiger partial charge >= 0.3 is 0 Å². The van der Waals surface area contributed by atoms with Crippen LogP contribution in [0.25, 0.3) is 0 Å². The number of benzene rings is 1. The van der Waals surface area contributed by atoms with Crippen LogP contribution in [-0.2, 0) is 0 Å². The van der Waals surface area contributed by atoms with E-state index >= 15 is 0 Å². The molecule has 0 aromatic heterocycles. The lowest BCUT2D eigenvalue weighted by molar-refractivity contribution is 0.0956. The second-order valence-electron chi connectivity index (χ2n) is 2.37. The van der Waals surface area contributed by atoms with Crippen molar-refractivity contribution in [3.05, 3.63) is 33.8 Å². The van der Waals surface area contributed by atoms with Crippen molar-refractivity contribution in [1.29, 1.82) is 0 Å². The summed E-state index contributed by atoms with van der Waals surface area (Å²) in [5.74, 6) is 0. The molecule has 0 aliphatic heterocycles. The first-order valence-electron chi connectivity index (χ1n) is 3.39. The van der Waals surface area contributed by atoms with Crippen LogP contribution in [-0.4, -0.2) is 16.8 Å². The molecule has 1 atom stereocenters. The molecule has 0 amide bonds. The summed E-state index contributed by atoms with van der Waals surface area (Å²) in [5.41, 5.74) is 0.562. The Labute approximate surface area is 80.4 Å². The third-order valence-electron chi connectivity index (χ3n) is 1.50. The van der Waals surface area contributed by atoms with Crippen LogP contribution in [0, 0.1) is 0 Å². The maximum absolute atomic E-state index is 9.19. The number of aliphatic hydroxyl groups is 2. The van der Waals surface area contributed by atoms with Crippen LogP contribution in [0.2, 0.25) is 10.0 Å². The zero-order valence-corrected chi connectivity index (χ0v) is 7.68. The third kappa shape index (κ3) is 2.11. The van der Waals surface area contributed by atoms with Gasteiger partial charge in [0.1, 0.15) is 6.10 Å². The number of halogens is 2. The summed E-state index contributed by atoms with van der Waals surface area (Å²) in [6, 6.07) is 4.73. The van der Waals surface area contributed by atoms with Crippen molar-refractivity contribution >= 4 is 23.2 Å². The number of hydrogen-bond donors (Lipinski definition) is 2. The highest BCUT2D eigenvalue weighted by Gasteiger charge is 2.07. The fourth-order valence-corrected chi connectivity index (χ4v) is 1.13. The van der Waals surface area contributed by atoms with Gasteiger partial charge in [-0.1, -0.05) is 29.3 Å². The SMILES string of the molecule is OC[C@@H](O)c1ccc(Cl)c(Cl)c1. The molecule has 0 spiro atoms. The van der Waals surface area contributed by atoms with Crippen molar-refractivity contribution in [3.8, 4) is 0 Å². The van der Waals surface area contributed by atoms with E-state index in [0.29, 0.717) is 15.6 Å². The number of rotatable bonds is 2. The van der Waals surface area contributed by atoms with Crippen LogP contribution in [0.15, 0.2) is 18.2 Å². The summed E-state index contributed by atoms with van der Waals surface area (Å²) in [4.78, 5) is 0. The van der Waals surface area contributed by atoms with Gasteiger partial charge in [-0.2, -0.15) is 0 Å². The van der Waals surface area contributed by atoms with Crippen LogP contribution < -0.4 is 0 Å². The van der Waals surface area contributed by atoms with E-state index < -0.39 is 6.10 Å². The molecule has 2 nitrogen and oxygen atoms in total. The Morgan fingerprint density at radius 3 is 2.42 bits per heavy atom. The first-order chi connectivity index (χ1) is 5.65. The minimum absolute atomic E-state index is 0.321. The van der Waals surface area contributed by atoms with Crippen molar-refractivity contribution in [1.82, 2.24) is 0 Å². The van der Waals surface area contributed by atoms with Gasteiger partial charge in [0, 0.05) is 0 Å². The Morgan fingerprint density at radius 1 is 1.25 bits per heavy atom. The average Bonchev–Trinajstić information content (AvgIpc) is 2.08. The Morgan fingerprint density at radius 2 is 1.92 bits per heavy atom. The molecule has 0 heterocycles.